The van der Waals surface area contributed by atoms with E-state index in [9.17, 15) is 0 Å². The lowest BCUT2D eigenvalue weighted by atomic mass is 9.93. The Bertz CT molecular complexity index is 392. The van der Waals surface area contributed by atoms with Crippen molar-refractivity contribution in [3.05, 3.63) is 11.7 Å². The van der Waals surface area contributed by atoms with Gasteiger partial charge in [-0.15, -0.1) is 0 Å². The number of nitrogens with one attached hydrogen (secondary N) is 1. The van der Waals surface area contributed by atoms with Gasteiger partial charge in [0.2, 0.25) is 5.89 Å². The van der Waals surface area contributed by atoms with Crippen molar-refractivity contribution in [1.29, 1.82) is 0 Å². The van der Waals surface area contributed by atoms with E-state index in [0.29, 0.717) is 5.92 Å². The molecule has 0 bridgehead atoms. The predicted octanol–water partition coefficient (Wildman–Crippen LogP) is 1.42. The molecule has 3 heterocycles. The molecule has 0 amide bonds. The quantitative estimate of drug-likeness (QED) is 0.891. The van der Waals surface area contributed by atoms with E-state index < -0.39 is 0 Å². The van der Waals surface area contributed by atoms with E-state index in [1.807, 2.05) is 0 Å². The molecule has 19 heavy (non-hydrogen) atoms. The highest BCUT2D eigenvalue weighted by molar-refractivity contribution is 5.00. The van der Waals surface area contributed by atoms with Gasteiger partial charge in [0.15, 0.2) is 5.82 Å². The molecule has 106 valence electrons. The zero-order valence-electron chi connectivity index (χ0n) is 11.8. The highest BCUT2D eigenvalue weighted by atomic mass is 16.5. The molecular weight excluding hydrogens is 240 g/mol. The number of nitrogens with zero attached hydrogens (tertiary/aromatic N) is 3. The predicted molar refractivity (Wildman–Crippen MR) is 73.1 cm³/mol. The second kappa shape index (κ2) is 6.01. The number of piperidine rings is 1. The summed E-state index contributed by atoms with van der Waals surface area (Å²) in [6.07, 6.45) is 4.62. The van der Waals surface area contributed by atoms with E-state index >= 15 is 0 Å². The number of hydrogen-bond donors (Lipinski definition) is 1. The molecule has 1 N–H and O–H groups in total. The zero-order chi connectivity index (χ0) is 13.1. The van der Waals surface area contributed by atoms with Crippen LogP contribution in [0.15, 0.2) is 4.52 Å². The largest absolute Gasteiger partial charge is 0.339 e. The van der Waals surface area contributed by atoms with Gasteiger partial charge >= 0.3 is 0 Å². The van der Waals surface area contributed by atoms with Crippen molar-refractivity contribution in [1.82, 2.24) is 20.4 Å². The molecule has 0 aromatic carbocycles. The van der Waals surface area contributed by atoms with Crippen molar-refractivity contribution < 1.29 is 4.52 Å². The van der Waals surface area contributed by atoms with Crippen molar-refractivity contribution in [2.45, 2.75) is 38.5 Å². The van der Waals surface area contributed by atoms with Crippen molar-refractivity contribution in [3.8, 4) is 0 Å². The lowest BCUT2D eigenvalue weighted by Gasteiger charge is -2.30. The maximum absolute atomic E-state index is 5.43. The van der Waals surface area contributed by atoms with Crippen molar-refractivity contribution in [3.63, 3.8) is 0 Å². The lowest BCUT2D eigenvalue weighted by molar-refractivity contribution is 0.185. The van der Waals surface area contributed by atoms with Crippen LogP contribution in [0.5, 0.6) is 0 Å². The summed E-state index contributed by atoms with van der Waals surface area (Å²) in [7, 11) is 0. The minimum atomic E-state index is 0.458. The van der Waals surface area contributed by atoms with Crippen LogP contribution in [-0.2, 0) is 6.42 Å². The summed E-state index contributed by atoms with van der Waals surface area (Å²) in [6.45, 7) is 7.91. The highest BCUT2D eigenvalue weighted by Crippen LogP contribution is 2.23. The summed E-state index contributed by atoms with van der Waals surface area (Å²) in [6, 6.07) is 0. The van der Waals surface area contributed by atoms with Gasteiger partial charge in [0.25, 0.3) is 0 Å². The number of aromatic nitrogens is 2. The number of rotatable bonds is 4. The molecule has 3 rings (SSSR count). The van der Waals surface area contributed by atoms with Gasteiger partial charge in [0.05, 0.1) is 0 Å². The van der Waals surface area contributed by atoms with E-state index in [0.717, 1.165) is 43.6 Å². The molecule has 1 unspecified atom stereocenters. The average molecular weight is 264 g/mol. The number of hydrogen-bond acceptors (Lipinski definition) is 5. The molecule has 1 atom stereocenters. The fourth-order valence-corrected chi connectivity index (χ4v) is 3.15. The first-order valence-electron chi connectivity index (χ1n) is 7.60. The number of likely N-dealkylation sites (tertiary alicyclic amines) is 1. The maximum atomic E-state index is 5.43. The van der Waals surface area contributed by atoms with Crippen LogP contribution in [0.25, 0.3) is 0 Å². The van der Waals surface area contributed by atoms with Crippen LogP contribution < -0.4 is 5.32 Å². The normalized spacial score (nSPS) is 26.1. The van der Waals surface area contributed by atoms with Gasteiger partial charge in [-0.1, -0.05) is 12.1 Å². The van der Waals surface area contributed by atoms with Crippen LogP contribution in [-0.4, -0.2) is 47.8 Å². The molecule has 1 aromatic rings. The lowest BCUT2D eigenvalue weighted by Crippen LogP contribution is -2.34. The Kier molecular flexibility index (Phi) is 4.13. The molecule has 0 spiro atoms. The molecule has 2 aliphatic rings. The summed E-state index contributed by atoms with van der Waals surface area (Å²) in [5, 5.41) is 7.50. The van der Waals surface area contributed by atoms with Crippen LogP contribution in [0.2, 0.25) is 0 Å². The summed E-state index contributed by atoms with van der Waals surface area (Å²) >= 11 is 0. The minimum absolute atomic E-state index is 0.458. The Hall–Kier alpha value is -0.940. The van der Waals surface area contributed by atoms with Crippen LogP contribution in [0.1, 0.15) is 43.8 Å². The maximum Gasteiger partial charge on any atom is 0.226 e. The van der Waals surface area contributed by atoms with Crippen LogP contribution in [0, 0.1) is 5.92 Å². The standard InChI is InChI=1S/C14H24N4O/c1-2-18-7-4-11(5-8-18)9-13-16-14(17-19-13)12-3-6-15-10-12/h11-12,15H,2-10H2,1H3. The van der Waals surface area contributed by atoms with E-state index in [1.165, 1.54) is 32.5 Å². The van der Waals surface area contributed by atoms with Gasteiger partial charge in [-0.3, -0.25) is 0 Å². The molecule has 5 heteroatoms. The van der Waals surface area contributed by atoms with E-state index in [-0.39, 0.29) is 0 Å². The summed E-state index contributed by atoms with van der Waals surface area (Å²) in [4.78, 5) is 7.11. The monoisotopic (exact) mass is 264 g/mol. The Morgan fingerprint density at radius 1 is 1.32 bits per heavy atom. The SMILES string of the molecule is CCN1CCC(Cc2nc(C3CCNC3)no2)CC1. The Labute approximate surface area is 114 Å². The summed E-state index contributed by atoms with van der Waals surface area (Å²) in [5.41, 5.74) is 0. The van der Waals surface area contributed by atoms with Gasteiger partial charge in [0, 0.05) is 18.9 Å². The van der Waals surface area contributed by atoms with Crippen LogP contribution >= 0.6 is 0 Å². The smallest absolute Gasteiger partial charge is 0.226 e. The van der Waals surface area contributed by atoms with Gasteiger partial charge < -0.3 is 14.7 Å². The average Bonchev–Trinajstić information content (AvgIpc) is 3.10. The van der Waals surface area contributed by atoms with Gasteiger partial charge in [-0.05, 0) is 51.4 Å². The van der Waals surface area contributed by atoms with Gasteiger partial charge in [-0.2, -0.15) is 4.98 Å². The molecule has 0 aliphatic carbocycles. The Morgan fingerprint density at radius 2 is 2.16 bits per heavy atom. The summed E-state index contributed by atoms with van der Waals surface area (Å²) < 4.78 is 5.43. The fourth-order valence-electron chi connectivity index (χ4n) is 3.15. The van der Waals surface area contributed by atoms with E-state index in [2.05, 4.69) is 27.3 Å². The van der Waals surface area contributed by atoms with Gasteiger partial charge in [0.1, 0.15) is 0 Å². The topological polar surface area (TPSA) is 54.2 Å². The highest BCUT2D eigenvalue weighted by Gasteiger charge is 2.24. The zero-order valence-corrected chi connectivity index (χ0v) is 11.8. The molecule has 0 radical (unpaired) electrons. The molecule has 1 aromatic heterocycles. The molecule has 2 fully saturated rings. The fraction of sp³-hybridized carbons (Fsp3) is 0.857. The third-order valence-electron chi connectivity index (χ3n) is 4.53. The second-order valence-corrected chi connectivity index (χ2v) is 5.82. The first-order chi connectivity index (χ1) is 9.35. The van der Waals surface area contributed by atoms with Crippen LogP contribution in [0.3, 0.4) is 0 Å². The third kappa shape index (κ3) is 3.15. The molecule has 2 saturated heterocycles. The molecule has 2 aliphatic heterocycles. The summed E-state index contributed by atoms with van der Waals surface area (Å²) in [5.74, 6) is 2.93. The first kappa shape index (κ1) is 13.1. The second-order valence-electron chi connectivity index (χ2n) is 5.82. The Balaban J connectivity index is 1.52. The van der Waals surface area contributed by atoms with Gasteiger partial charge in [-0.25, -0.2) is 0 Å². The third-order valence-corrected chi connectivity index (χ3v) is 4.53. The van der Waals surface area contributed by atoms with E-state index in [4.69, 9.17) is 4.52 Å². The molecule has 5 nitrogen and oxygen atoms in total. The van der Waals surface area contributed by atoms with Crippen molar-refractivity contribution >= 4 is 0 Å². The molecule has 0 saturated carbocycles. The first-order valence-corrected chi connectivity index (χ1v) is 7.60. The Morgan fingerprint density at radius 3 is 2.84 bits per heavy atom. The van der Waals surface area contributed by atoms with E-state index in [1.54, 1.807) is 0 Å². The molecular formula is C14H24N4O. The minimum Gasteiger partial charge on any atom is -0.339 e. The van der Waals surface area contributed by atoms with Crippen LogP contribution in [0.4, 0.5) is 0 Å². The van der Waals surface area contributed by atoms with Crippen molar-refractivity contribution in [2.24, 2.45) is 5.92 Å². The van der Waals surface area contributed by atoms with Crippen molar-refractivity contribution in [2.75, 3.05) is 32.7 Å².